The average molecular weight is 331 g/mol. The molecular weight excluding hydrogens is 317 g/mol. The Morgan fingerprint density at radius 1 is 1.38 bits per heavy atom. The Morgan fingerprint density at radius 2 is 2.17 bits per heavy atom. The number of rotatable bonds is 7. The second-order valence-corrected chi connectivity index (χ2v) is 5.47. The van der Waals surface area contributed by atoms with Crippen LogP contribution in [0.1, 0.15) is 24.4 Å². The van der Waals surface area contributed by atoms with Crippen molar-refractivity contribution < 1.29 is 23.3 Å². The number of nitrogens with zero attached hydrogens (tertiary/aromatic N) is 1. The molecule has 0 aliphatic heterocycles. The van der Waals surface area contributed by atoms with E-state index >= 15 is 0 Å². The second-order valence-electron chi connectivity index (χ2n) is 5.47. The van der Waals surface area contributed by atoms with Crippen LogP contribution in [0.3, 0.4) is 0 Å². The minimum absolute atomic E-state index is 0.0829. The van der Waals surface area contributed by atoms with Crippen molar-refractivity contribution in [3.63, 3.8) is 0 Å². The Hall–Kier alpha value is -2.96. The van der Waals surface area contributed by atoms with E-state index < -0.39 is 10.7 Å². The minimum Gasteiger partial charge on any atom is -0.479 e. The third-order valence-corrected chi connectivity index (χ3v) is 3.56. The van der Waals surface area contributed by atoms with Crippen molar-refractivity contribution in [1.82, 2.24) is 0 Å². The van der Waals surface area contributed by atoms with Crippen LogP contribution in [0, 0.1) is 21.8 Å². The minimum atomic E-state index is -0.644. The van der Waals surface area contributed by atoms with Gasteiger partial charge in [-0.05, 0) is 43.2 Å². The lowest BCUT2D eigenvalue weighted by atomic mass is 10.2. The Kier molecular flexibility index (Phi) is 4.41. The lowest BCUT2D eigenvalue weighted by Crippen LogP contribution is -1.99. The zero-order valence-electron chi connectivity index (χ0n) is 12.6. The van der Waals surface area contributed by atoms with Gasteiger partial charge in [0.1, 0.15) is 23.9 Å². The molecule has 0 N–H and O–H groups in total. The first kappa shape index (κ1) is 15.9. The maximum Gasteiger partial charge on any atom is 0.311 e. The van der Waals surface area contributed by atoms with Crippen molar-refractivity contribution in [2.45, 2.75) is 19.4 Å². The van der Waals surface area contributed by atoms with E-state index in [2.05, 4.69) is 0 Å². The van der Waals surface area contributed by atoms with E-state index in [9.17, 15) is 19.3 Å². The molecule has 24 heavy (non-hydrogen) atoms. The highest BCUT2D eigenvalue weighted by molar-refractivity contribution is 5.96. The van der Waals surface area contributed by atoms with Crippen LogP contribution >= 0.6 is 0 Å². The van der Waals surface area contributed by atoms with Gasteiger partial charge in [0, 0.05) is 18.1 Å². The standard InChI is InChI=1S/C17H14FNO5/c18-12-3-7-15(19(21)22)17(9-12)23-10-14-5-4-13(24-14)6-8-16(20)11-1-2-11/h3-9,11H,1-2,10H2/b8-6+. The van der Waals surface area contributed by atoms with Crippen molar-refractivity contribution in [2.75, 3.05) is 0 Å². The summed E-state index contributed by atoms with van der Waals surface area (Å²) in [6.45, 7) is -0.0886. The maximum atomic E-state index is 13.2. The van der Waals surface area contributed by atoms with Crippen LogP contribution in [0.2, 0.25) is 0 Å². The number of ether oxygens (including phenoxy) is 1. The van der Waals surface area contributed by atoms with Crippen LogP contribution in [0.5, 0.6) is 5.75 Å². The highest BCUT2D eigenvalue weighted by Crippen LogP contribution is 2.30. The molecular formula is C17H14FNO5. The Labute approximate surface area is 136 Å². The summed E-state index contributed by atoms with van der Waals surface area (Å²) in [4.78, 5) is 21.8. The molecule has 1 aliphatic carbocycles. The zero-order valence-corrected chi connectivity index (χ0v) is 12.6. The number of carbonyl (C=O) groups is 1. The van der Waals surface area contributed by atoms with Crippen molar-refractivity contribution in [3.05, 3.63) is 63.9 Å². The molecule has 0 saturated heterocycles. The number of nitro benzene ring substituents is 1. The van der Waals surface area contributed by atoms with Crippen LogP contribution in [-0.2, 0) is 11.4 Å². The molecule has 2 aromatic rings. The van der Waals surface area contributed by atoms with E-state index in [0.29, 0.717) is 11.5 Å². The third kappa shape index (κ3) is 3.87. The van der Waals surface area contributed by atoms with Gasteiger partial charge in [-0.25, -0.2) is 4.39 Å². The van der Waals surface area contributed by atoms with Gasteiger partial charge in [-0.2, -0.15) is 0 Å². The highest BCUT2D eigenvalue weighted by atomic mass is 19.1. The van der Waals surface area contributed by atoms with E-state index in [1.807, 2.05) is 0 Å². The van der Waals surface area contributed by atoms with Crippen LogP contribution in [0.4, 0.5) is 10.1 Å². The van der Waals surface area contributed by atoms with Crippen LogP contribution in [-0.4, -0.2) is 10.7 Å². The van der Waals surface area contributed by atoms with Gasteiger partial charge in [-0.3, -0.25) is 14.9 Å². The molecule has 124 valence electrons. The molecule has 1 aliphatic rings. The molecule has 0 radical (unpaired) electrons. The molecule has 1 fully saturated rings. The van der Waals surface area contributed by atoms with Crippen LogP contribution in [0.25, 0.3) is 6.08 Å². The molecule has 0 spiro atoms. The van der Waals surface area contributed by atoms with Gasteiger partial charge in [-0.15, -0.1) is 0 Å². The summed E-state index contributed by atoms with van der Waals surface area (Å²) in [5.41, 5.74) is -0.321. The SMILES string of the molecule is O=C(/C=C/c1ccc(COc2cc(F)ccc2[N+](=O)[O-])o1)C1CC1. The molecule has 0 amide bonds. The number of carbonyl (C=O) groups excluding carboxylic acids is 1. The maximum absolute atomic E-state index is 13.2. The molecule has 1 saturated carbocycles. The quantitative estimate of drug-likeness (QED) is 0.436. The summed E-state index contributed by atoms with van der Waals surface area (Å²) in [5.74, 6) is 0.324. The van der Waals surface area contributed by atoms with Crippen LogP contribution < -0.4 is 4.74 Å². The van der Waals surface area contributed by atoms with Gasteiger partial charge < -0.3 is 9.15 Å². The lowest BCUT2D eigenvalue weighted by molar-refractivity contribution is -0.386. The lowest BCUT2D eigenvalue weighted by Gasteiger charge is -2.05. The number of hydrogen-bond donors (Lipinski definition) is 0. The molecule has 7 heteroatoms. The summed E-state index contributed by atoms with van der Waals surface area (Å²) in [6.07, 6.45) is 4.94. The van der Waals surface area contributed by atoms with E-state index in [-0.39, 0.29) is 29.7 Å². The fourth-order valence-corrected chi connectivity index (χ4v) is 2.13. The summed E-state index contributed by atoms with van der Waals surface area (Å²) < 4.78 is 24.0. The Morgan fingerprint density at radius 3 is 2.88 bits per heavy atom. The fraction of sp³-hybridized carbons (Fsp3) is 0.235. The first-order chi connectivity index (χ1) is 11.5. The zero-order chi connectivity index (χ0) is 17.1. The van der Waals surface area contributed by atoms with Gasteiger partial charge in [0.25, 0.3) is 0 Å². The largest absolute Gasteiger partial charge is 0.479 e. The van der Waals surface area contributed by atoms with E-state index in [1.54, 1.807) is 18.2 Å². The van der Waals surface area contributed by atoms with Crippen LogP contribution in [0.15, 0.2) is 40.8 Å². The summed E-state index contributed by atoms with van der Waals surface area (Å²) >= 11 is 0. The first-order valence-electron chi connectivity index (χ1n) is 7.40. The molecule has 1 aromatic heterocycles. The average Bonchev–Trinajstić information content (AvgIpc) is 3.30. The monoisotopic (exact) mass is 331 g/mol. The molecule has 6 nitrogen and oxygen atoms in total. The van der Waals surface area contributed by atoms with Gasteiger partial charge in [0.15, 0.2) is 11.5 Å². The van der Waals surface area contributed by atoms with E-state index in [0.717, 1.165) is 31.0 Å². The third-order valence-electron chi connectivity index (χ3n) is 3.56. The molecule has 1 heterocycles. The second kappa shape index (κ2) is 6.66. The summed E-state index contributed by atoms with van der Waals surface area (Å²) in [7, 11) is 0. The predicted molar refractivity (Wildman–Crippen MR) is 82.9 cm³/mol. The highest BCUT2D eigenvalue weighted by Gasteiger charge is 2.27. The normalized spacial score (nSPS) is 14.0. The van der Waals surface area contributed by atoms with Crippen molar-refractivity contribution in [2.24, 2.45) is 5.92 Å². The number of furan rings is 1. The Bertz CT molecular complexity index is 807. The van der Waals surface area contributed by atoms with Gasteiger partial charge in [-0.1, -0.05) is 0 Å². The molecule has 1 aromatic carbocycles. The first-order valence-corrected chi connectivity index (χ1v) is 7.40. The smallest absolute Gasteiger partial charge is 0.311 e. The summed E-state index contributed by atoms with van der Waals surface area (Å²) in [5, 5.41) is 10.9. The number of halogens is 1. The number of nitro groups is 1. The molecule has 0 bridgehead atoms. The van der Waals surface area contributed by atoms with E-state index in [1.165, 1.54) is 6.08 Å². The number of hydrogen-bond acceptors (Lipinski definition) is 5. The number of ketones is 1. The fourth-order valence-electron chi connectivity index (χ4n) is 2.13. The van der Waals surface area contributed by atoms with E-state index in [4.69, 9.17) is 9.15 Å². The van der Waals surface area contributed by atoms with Crippen molar-refractivity contribution >= 4 is 17.5 Å². The van der Waals surface area contributed by atoms with Gasteiger partial charge in [0.05, 0.1) is 4.92 Å². The summed E-state index contributed by atoms with van der Waals surface area (Å²) in [6, 6.07) is 6.29. The van der Waals surface area contributed by atoms with Crippen molar-refractivity contribution in [3.8, 4) is 5.75 Å². The molecule has 3 rings (SSSR count). The van der Waals surface area contributed by atoms with Crippen molar-refractivity contribution in [1.29, 1.82) is 0 Å². The predicted octanol–water partition coefficient (Wildman–Crippen LogP) is 3.90. The number of benzene rings is 1. The van der Waals surface area contributed by atoms with Gasteiger partial charge in [0.2, 0.25) is 0 Å². The number of allylic oxidation sites excluding steroid dienone is 1. The molecule has 0 unspecified atom stereocenters. The molecule has 0 atom stereocenters. The Balaban J connectivity index is 1.64. The van der Waals surface area contributed by atoms with Gasteiger partial charge >= 0.3 is 5.69 Å². The topological polar surface area (TPSA) is 82.6 Å².